The van der Waals surface area contributed by atoms with Crippen LogP contribution in [0, 0.1) is 5.92 Å². The number of rotatable bonds is 7. The van der Waals surface area contributed by atoms with Crippen LogP contribution in [0.25, 0.3) is 11.2 Å². The summed E-state index contributed by atoms with van der Waals surface area (Å²) in [6.07, 6.45) is -0.967. The van der Waals surface area contributed by atoms with E-state index in [0.29, 0.717) is 49.5 Å². The third-order valence-corrected chi connectivity index (χ3v) is 7.06. The van der Waals surface area contributed by atoms with Gasteiger partial charge in [0.2, 0.25) is 0 Å². The molecule has 2 aliphatic rings. The number of fused-ring (bicyclic) bond motifs is 1. The molecule has 5 atom stereocenters. The largest absolute Gasteiger partial charge is 0.416 e. The molecule has 0 aromatic carbocycles. The van der Waals surface area contributed by atoms with Gasteiger partial charge in [0.25, 0.3) is 0 Å². The summed E-state index contributed by atoms with van der Waals surface area (Å²) < 4.78 is 46.7. The second-order valence-electron chi connectivity index (χ2n) is 9.95. The predicted molar refractivity (Wildman–Crippen MR) is 129 cm³/mol. The zero-order valence-corrected chi connectivity index (χ0v) is 20.5. The number of aliphatic hydroxyl groups is 2. The summed E-state index contributed by atoms with van der Waals surface area (Å²) in [7, 11) is 0. The molecule has 2 fully saturated rings. The number of ether oxygens (including phenoxy) is 1. The highest BCUT2D eigenvalue weighted by Crippen LogP contribution is 2.38. The Morgan fingerprint density at radius 1 is 1.16 bits per heavy atom. The van der Waals surface area contributed by atoms with Crippen molar-refractivity contribution in [2.45, 2.75) is 63.3 Å². The summed E-state index contributed by atoms with van der Waals surface area (Å²) >= 11 is 0. The average molecular weight is 522 g/mol. The van der Waals surface area contributed by atoms with Gasteiger partial charge in [-0.25, -0.2) is 19.9 Å². The van der Waals surface area contributed by atoms with Crippen LogP contribution in [0.15, 0.2) is 31.0 Å². The fraction of sp³-hybridized carbons (Fsp3) is 0.583. The first kappa shape index (κ1) is 25.6. The van der Waals surface area contributed by atoms with Gasteiger partial charge >= 0.3 is 6.18 Å². The summed E-state index contributed by atoms with van der Waals surface area (Å²) in [6, 6.07) is 1.52. The highest BCUT2D eigenvalue weighted by atomic mass is 19.4. The first-order chi connectivity index (χ1) is 17.6. The van der Waals surface area contributed by atoms with E-state index in [-0.39, 0.29) is 23.9 Å². The molecule has 0 spiro atoms. The van der Waals surface area contributed by atoms with Crippen LogP contribution < -0.4 is 10.2 Å². The van der Waals surface area contributed by atoms with E-state index in [0.717, 1.165) is 12.1 Å². The van der Waals surface area contributed by atoms with Gasteiger partial charge in [-0.3, -0.25) is 0 Å². The number of halogens is 3. The maximum absolute atomic E-state index is 13.1. The highest BCUT2D eigenvalue weighted by Gasteiger charge is 2.43. The maximum Gasteiger partial charge on any atom is 0.416 e. The quantitative estimate of drug-likeness (QED) is 0.431. The molecule has 1 saturated carbocycles. The molecule has 5 rings (SSSR count). The Kier molecular flexibility index (Phi) is 6.94. The van der Waals surface area contributed by atoms with Gasteiger partial charge in [-0.2, -0.15) is 13.2 Å². The van der Waals surface area contributed by atoms with E-state index in [2.05, 4.69) is 25.3 Å². The first-order valence-electron chi connectivity index (χ1n) is 12.3. The van der Waals surface area contributed by atoms with Crippen LogP contribution in [0.5, 0.6) is 0 Å². The van der Waals surface area contributed by atoms with Gasteiger partial charge in [-0.15, -0.1) is 0 Å². The molecule has 3 aromatic heterocycles. The summed E-state index contributed by atoms with van der Waals surface area (Å²) in [4.78, 5) is 19.1. The molecule has 1 aliphatic carbocycles. The zero-order valence-electron chi connectivity index (χ0n) is 20.5. The Morgan fingerprint density at radius 3 is 2.73 bits per heavy atom. The second-order valence-corrected chi connectivity index (χ2v) is 9.95. The molecule has 1 saturated heterocycles. The van der Waals surface area contributed by atoms with Crippen molar-refractivity contribution in [1.82, 2.24) is 24.5 Å². The van der Waals surface area contributed by atoms with Crippen LogP contribution in [0.2, 0.25) is 0 Å². The van der Waals surface area contributed by atoms with Gasteiger partial charge in [0.15, 0.2) is 11.5 Å². The molecule has 0 bridgehead atoms. The summed E-state index contributed by atoms with van der Waals surface area (Å²) in [5.41, 5.74) is 0.310. The Labute approximate surface area is 211 Å². The van der Waals surface area contributed by atoms with Crippen molar-refractivity contribution in [2.24, 2.45) is 5.92 Å². The van der Waals surface area contributed by atoms with Crippen LogP contribution in [0.1, 0.15) is 38.3 Å². The fourth-order valence-corrected chi connectivity index (χ4v) is 5.10. The monoisotopic (exact) mass is 521 g/mol. The van der Waals surface area contributed by atoms with Gasteiger partial charge < -0.3 is 29.7 Å². The third-order valence-electron chi connectivity index (χ3n) is 7.06. The molecule has 200 valence electrons. The van der Waals surface area contributed by atoms with Crippen LogP contribution in [-0.4, -0.2) is 78.8 Å². The molecule has 3 aromatic rings. The lowest BCUT2D eigenvalue weighted by atomic mass is 10.1. The van der Waals surface area contributed by atoms with E-state index in [1.54, 1.807) is 15.8 Å². The molecule has 4 heterocycles. The Bertz CT molecular complexity index is 1240. The zero-order chi connectivity index (χ0) is 26.3. The molecule has 0 amide bonds. The average Bonchev–Trinajstić information content (AvgIpc) is 3.57. The van der Waals surface area contributed by atoms with Gasteiger partial charge in [0.05, 0.1) is 36.7 Å². The first-order valence-corrected chi connectivity index (χ1v) is 12.3. The van der Waals surface area contributed by atoms with Gasteiger partial charge in [-0.1, -0.05) is 0 Å². The van der Waals surface area contributed by atoms with E-state index < -0.39 is 30.0 Å². The van der Waals surface area contributed by atoms with Crippen LogP contribution in [0.3, 0.4) is 0 Å². The van der Waals surface area contributed by atoms with E-state index in [1.165, 1.54) is 12.5 Å². The smallest absolute Gasteiger partial charge is 0.390 e. The summed E-state index contributed by atoms with van der Waals surface area (Å²) in [5.74, 6) is 0.564. The Hall–Kier alpha value is -3.03. The molecule has 13 heteroatoms. The summed E-state index contributed by atoms with van der Waals surface area (Å²) in [5, 5.41) is 24.6. The van der Waals surface area contributed by atoms with Gasteiger partial charge in [-0.05, 0) is 38.8 Å². The Morgan fingerprint density at radius 2 is 1.97 bits per heavy atom. The van der Waals surface area contributed by atoms with Crippen molar-refractivity contribution in [3.63, 3.8) is 0 Å². The maximum atomic E-state index is 13.1. The lowest BCUT2D eigenvalue weighted by Crippen LogP contribution is -2.31. The van der Waals surface area contributed by atoms with Crippen molar-refractivity contribution in [3.8, 4) is 0 Å². The topological polar surface area (TPSA) is 121 Å². The van der Waals surface area contributed by atoms with Gasteiger partial charge in [0.1, 0.15) is 23.8 Å². The minimum atomic E-state index is -4.43. The molecular weight excluding hydrogens is 491 g/mol. The number of aromatic nitrogens is 5. The third kappa shape index (κ3) is 5.20. The number of alkyl halides is 3. The normalized spacial score (nSPS) is 26.5. The number of hydrogen-bond acceptors (Lipinski definition) is 9. The molecule has 1 aliphatic heterocycles. The standard InChI is InChI=1S/C24H30F3N7O3/c1-13(2)37-10-14-7-17(21(36)20(14)35)34-12-31-19-22(29-11-30-23(19)34)32-16-4-6-33(9-16)18-8-15(3-5-28-18)24(25,26)27/h3,5,8,11-14,16-17,20-21,35-36H,4,6-7,9-10H2,1-2H3,(H,29,30,32)/t14-,16+,17-,20-,21+/m1/s1. The lowest BCUT2D eigenvalue weighted by Gasteiger charge is -2.20. The summed E-state index contributed by atoms with van der Waals surface area (Å²) in [6.45, 7) is 5.18. The van der Waals surface area contributed by atoms with Crippen LogP contribution in [-0.2, 0) is 10.9 Å². The fourth-order valence-electron chi connectivity index (χ4n) is 5.10. The number of anilines is 2. The highest BCUT2D eigenvalue weighted by molar-refractivity contribution is 5.83. The number of nitrogens with zero attached hydrogens (tertiary/aromatic N) is 6. The molecule has 10 nitrogen and oxygen atoms in total. The molecule has 3 N–H and O–H groups in total. The number of aliphatic hydroxyl groups excluding tert-OH is 2. The molecule has 0 unspecified atom stereocenters. The van der Waals surface area contributed by atoms with Crippen molar-refractivity contribution in [3.05, 3.63) is 36.5 Å². The van der Waals surface area contributed by atoms with Crippen molar-refractivity contribution < 1.29 is 28.1 Å². The van der Waals surface area contributed by atoms with E-state index in [1.807, 2.05) is 13.8 Å². The number of nitrogens with one attached hydrogen (secondary N) is 1. The second kappa shape index (κ2) is 10.0. The molecule has 0 radical (unpaired) electrons. The number of pyridine rings is 1. The lowest BCUT2D eigenvalue weighted by molar-refractivity contribution is -0.137. The molecule has 37 heavy (non-hydrogen) atoms. The van der Waals surface area contributed by atoms with Crippen molar-refractivity contribution >= 4 is 22.8 Å². The van der Waals surface area contributed by atoms with Crippen LogP contribution >= 0.6 is 0 Å². The van der Waals surface area contributed by atoms with Gasteiger partial charge in [0, 0.05) is 31.2 Å². The SMILES string of the molecule is CC(C)OC[C@H]1C[C@@H](n2cnc3c(N[C@H]4CCN(c5cc(C(F)(F)F)ccn5)C4)ncnc32)[C@H](O)[C@@H]1O. The van der Waals surface area contributed by atoms with E-state index in [4.69, 9.17) is 4.74 Å². The minimum absolute atomic E-state index is 0.0229. The minimum Gasteiger partial charge on any atom is -0.390 e. The van der Waals surface area contributed by atoms with E-state index in [9.17, 15) is 23.4 Å². The van der Waals surface area contributed by atoms with Crippen molar-refractivity contribution in [2.75, 3.05) is 29.9 Å². The number of imidazole rings is 1. The molecular formula is C24H30F3N7O3. The van der Waals surface area contributed by atoms with Crippen molar-refractivity contribution in [1.29, 1.82) is 0 Å². The predicted octanol–water partition coefficient (Wildman–Crippen LogP) is 2.64. The van der Waals surface area contributed by atoms with Crippen LogP contribution in [0.4, 0.5) is 24.8 Å². The number of hydrogen-bond donors (Lipinski definition) is 3. The van der Waals surface area contributed by atoms with E-state index >= 15 is 0 Å². The Balaban J connectivity index is 1.30.